The minimum absolute atomic E-state index is 0.0333. The molecule has 0 aliphatic heterocycles. The molecule has 0 fully saturated rings. The predicted molar refractivity (Wildman–Crippen MR) is 157 cm³/mol. The first-order chi connectivity index (χ1) is 20.4. The Morgan fingerprint density at radius 3 is 1.97 bits per heavy atom. The Hall–Kier alpha value is -4.45. The maximum Gasteiger partial charge on any atom is 0.226 e. The van der Waals surface area contributed by atoms with Crippen LogP contribution in [0.15, 0.2) is 115 Å². The fourth-order valence-corrected chi connectivity index (χ4v) is 5.54. The van der Waals surface area contributed by atoms with Crippen LogP contribution < -0.4 is 0 Å². The average Bonchev–Trinajstić information content (AvgIpc) is 3.44. The van der Waals surface area contributed by atoms with Gasteiger partial charge in [-0.3, -0.25) is 0 Å². The minimum Gasteiger partial charge on any atom is -0.236 e. The zero-order valence-corrected chi connectivity index (χ0v) is 21.3. The van der Waals surface area contributed by atoms with E-state index in [9.17, 15) is 0 Å². The molecule has 0 atom stereocenters. The second-order valence-corrected chi connectivity index (χ2v) is 9.93. The van der Waals surface area contributed by atoms with Gasteiger partial charge in [0.25, 0.3) is 0 Å². The Kier molecular flexibility index (Phi) is 4.66. The first kappa shape index (κ1) is 18.7. The van der Waals surface area contributed by atoms with Crippen molar-refractivity contribution in [2.75, 3.05) is 0 Å². The highest BCUT2D eigenvalue weighted by atomic mass is 35.5. The summed E-state index contributed by atoms with van der Waals surface area (Å²) in [6.45, 7) is 0. The van der Waals surface area contributed by atoms with Crippen LogP contribution in [0.2, 0.25) is 5.28 Å². The number of para-hydroxylation sites is 1. The molecule has 7 rings (SSSR count). The number of thiazole rings is 1. The molecule has 0 unspecified atom stereocenters. The van der Waals surface area contributed by atoms with Gasteiger partial charge in [0, 0.05) is 16.7 Å². The summed E-state index contributed by atoms with van der Waals surface area (Å²) in [5, 5.41) is 2.21. The maximum absolute atomic E-state index is 8.84. The van der Waals surface area contributed by atoms with Crippen LogP contribution in [0, 0.1) is 0 Å². The second kappa shape index (κ2) is 9.45. The molecule has 4 nitrogen and oxygen atoms in total. The van der Waals surface area contributed by atoms with E-state index in [0.717, 1.165) is 32.1 Å². The Morgan fingerprint density at radius 1 is 0.553 bits per heavy atom. The van der Waals surface area contributed by atoms with Crippen LogP contribution >= 0.6 is 22.9 Å². The topological polar surface area (TPSA) is 51.6 Å². The van der Waals surface area contributed by atoms with Crippen molar-refractivity contribution in [3.63, 3.8) is 0 Å². The van der Waals surface area contributed by atoms with E-state index >= 15 is 0 Å². The Morgan fingerprint density at radius 2 is 1.18 bits per heavy atom. The number of aromatic nitrogens is 4. The Bertz CT molecular complexity index is 2110. The molecular formula is C32H19ClN4S. The lowest BCUT2D eigenvalue weighted by Crippen LogP contribution is -1.98. The molecule has 38 heavy (non-hydrogen) atoms. The summed E-state index contributed by atoms with van der Waals surface area (Å²) >= 11 is 7.72. The molecule has 0 saturated heterocycles. The van der Waals surface area contributed by atoms with Gasteiger partial charge in [-0.05, 0) is 51.7 Å². The summed E-state index contributed by atoms with van der Waals surface area (Å²) in [6, 6.07) is 28.5. The quantitative estimate of drug-likeness (QED) is 0.228. The van der Waals surface area contributed by atoms with Gasteiger partial charge < -0.3 is 0 Å². The van der Waals surface area contributed by atoms with Gasteiger partial charge in [-0.2, -0.15) is 9.97 Å². The number of fused-ring (bicyclic) bond motifs is 2. The fraction of sp³-hybridized carbons (Fsp3) is 0. The summed E-state index contributed by atoms with van der Waals surface area (Å²) in [7, 11) is 0. The van der Waals surface area contributed by atoms with E-state index in [1.165, 1.54) is 11.3 Å². The van der Waals surface area contributed by atoms with Crippen molar-refractivity contribution in [3.05, 3.63) is 120 Å². The molecule has 6 heteroatoms. The third-order valence-electron chi connectivity index (χ3n) is 6.21. The normalized spacial score (nSPS) is 12.8. The van der Waals surface area contributed by atoms with Gasteiger partial charge in [0.15, 0.2) is 11.6 Å². The van der Waals surface area contributed by atoms with Gasteiger partial charge in [-0.1, -0.05) is 97.0 Å². The highest BCUT2D eigenvalue weighted by molar-refractivity contribution is 7.21. The number of halogens is 1. The lowest BCUT2D eigenvalue weighted by molar-refractivity contribution is 1.07. The number of hydrogen-bond donors (Lipinski definition) is 0. The van der Waals surface area contributed by atoms with Crippen molar-refractivity contribution in [2.24, 2.45) is 0 Å². The lowest BCUT2D eigenvalue weighted by atomic mass is 9.95. The maximum atomic E-state index is 8.84. The Balaban J connectivity index is 1.40. The number of benzene rings is 5. The van der Waals surface area contributed by atoms with Crippen LogP contribution in [0.25, 0.3) is 65.5 Å². The molecule has 5 aromatic carbocycles. The van der Waals surface area contributed by atoms with E-state index in [4.69, 9.17) is 17.1 Å². The smallest absolute Gasteiger partial charge is 0.226 e. The van der Waals surface area contributed by atoms with Crippen molar-refractivity contribution < 1.29 is 5.48 Å². The van der Waals surface area contributed by atoms with Crippen LogP contribution in [0.3, 0.4) is 0 Å². The first-order valence-electron chi connectivity index (χ1n) is 13.9. The van der Waals surface area contributed by atoms with Gasteiger partial charge in [-0.25, -0.2) is 9.97 Å². The van der Waals surface area contributed by atoms with Crippen LogP contribution in [-0.2, 0) is 0 Å². The van der Waals surface area contributed by atoms with Crippen molar-refractivity contribution in [3.8, 4) is 44.5 Å². The standard InChI is InChI=1S/C32H19ClN4S/c33-32-36-29(21-14-16-22(17-15-21)31-34-27-12-6-7-13-28(27)38-31)35-30(37-32)26-19-18-23(20-8-2-1-3-9-20)24-10-4-5-11-25(24)26/h1-19H/i14D,15D,16D,17D. The summed E-state index contributed by atoms with van der Waals surface area (Å²) < 4.78 is 36.2. The van der Waals surface area contributed by atoms with Crippen molar-refractivity contribution in [1.82, 2.24) is 19.9 Å². The molecule has 7 aromatic rings. The molecular weight excluding hydrogens is 508 g/mol. The molecule has 0 N–H and O–H groups in total. The zero-order chi connectivity index (χ0) is 29.0. The molecule has 0 spiro atoms. The summed E-state index contributed by atoms with van der Waals surface area (Å²) in [5.74, 6) is 0.238. The zero-order valence-electron chi connectivity index (χ0n) is 23.7. The van der Waals surface area contributed by atoms with Crippen molar-refractivity contribution >= 4 is 43.9 Å². The molecule has 180 valence electrons. The van der Waals surface area contributed by atoms with Gasteiger partial charge in [0.05, 0.1) is 15.7 Å². The second-order valence-electron chi connectivity index (χ2n) is 8.56. The molecule has 0 aliphatic rings. The molecule has 0 saturated carbocycles. The molecule has 0 amide bonds. The SMILES string of the molecule is [2H]c1c([2H])c(-c2nc3ccccc3s2)c([2H])c([2H])c1-c1nc(Cl)nc(-c2ccc(-c3ccccc3)c3ccccc23)n1. The molecule has 2 heterocycles. The predicted octanol–water partition coefficient (Wildman–Crippen LogP) is 8.96. The molecule has 0 radical (unpaired) electrons. The van der Waals surface area contributed by atoms with Crippen LogP contribution in [0.1, 0.15) is 5.48 Å². The number of nitrogens with zero attached hydrogens (tertiary/aromatic N) is 4. The van der Waals surface area contributed by atoms with E-state index < -0.39 is 0 Å². The summed E-state index contributed by atoms with van der Waals surface area (Å²) in [4.78, 5) is 17.8. The number of rotatable bonds is 4. The van der Waals surface area contributed by atoms with Crippen LogP contribution in [-0.4, -0.2) is 19.9 Å². The molecule has 0 aliphatic carbocycles. The van der Waals surface area contributed by atoms with Crippen molar-refractivity contribution in [1.29, 1.82) is 0 Å². The van der Waals surface area contributed by atoms with Gasteiger partial charge >= 0.3 is 0 Å². The van der Waals surface area contributed by atoms with Gasteiger partial charge in [-0.15, -0.1) is 11.3 Å². The Labute approximate surface area is 233 Å². The average molecular weight is 531 g/mol. The van der Waals surface area contributed by atoms with E-state index in [1.807, 2.05) is 78.9 Å². The van der Waals surface area contributed by atoms with E-state index in [1.54, 1.807) is 0 Å². The van der Waals surface area contributed by atoms with Gasteiger partial charge in [0.1, 0.15) is 5.01 Å². The van der Waals surface area contributed by atoms with Crippen LogP contribution in [0.5, 0.6) is 0 Å². The monoisotopic (exact) mass is 530 g/mol. The van der Waals surface area contributed by atoms with E-state index in [0.29, 0.717) is 10.6 Å². The largest absolute Gasteiger partial charge is 0.236 e. The van der Waals surface area contributed by atoms with E-state index in [-0.39, 0.29) is 52.2 Å². The highest BCUT2D eigenvalue weighted by Gasteiger charge is 2.15. The number of hydrogen-bond acceptors (Lipinski definition) is 5. The first-order valence-corrected chi connectivity index (χ1v) is 13.1. The van der Waals surface area contributed by atoms with Gasteiger partial charge in [0.2, 0.25) is 5.28 Å². The molecule has 2 aromatic heterocycles. The summed E-state index contributed by atoms with van der Waals surface area (Å²) in [5.41, 5.74) is 3.66. The third-order valence-corrected chi connectivity index (χ3v) is 7.44. The summed E-state index contributed by atoms with van der Waals surface area (Å²) in [6.07, 6.45) is 0. The minimum atomic E-state index is -0.275. The lowest BCUT2D eigenvalue weighted by Gasteiger charge is -2.12. The van der Waals surface area contributed by atoms with Crippen molar-refractivity contribution in [2.45, 2.75) is 0 Å². The van der Waals surface area contributed by atoms with E-state index in [2.05, 4.69) is 32.1 Å². The van der Waals surface area contributed by atoms with Crippen LogP contribution in [0.4, 0.5) is 0 Å². The third kappa shape index (κ3) is 4.12. The highest BCUT2D eigenvalue weighted by Crippen LogP contribution is 2.36. The molecule has 0 bridgehead atoms. The fourth-order valence-electron chi connectivity index (χ4n) is 4.46.